The van der Waals surface area contributed by atoms with Gasteiger partial charge in [0.05, 0.1) is 12.1 Å². The number of Topliss-reactive ketones (excluding diaryl/α,β-unsaturated/α-hetero) is 1. The van der Waals surface area contributed by atoms with Crippen LogP contribution in [-0.2, 0) is 9.59 Å². The van der Waals surface area contributed by atoms with Gasteiger partial charge < -0.3 is 11.1 Å². The Labute approximate surface area is 174 Å². The van der Waals surface area contributed by atoms with E-state index in [1.165, 1.54) is 6.42 Å². The second kappa shape index (κ2) is 10.4. The summed E-state index contributed by atoms with van der Waals surface area (Å²) in [6.07, 6.45) is 4.29. The first-order valence-electron chi connectivity index (χ1n) is 10.5. The van der Waals surface area contributed by atoms with Crippen molar-refractivity contribution in [2.24, 2.45) is 29.4 Å². The number of carbonyl (C=O) groups is 2. The maximum absolute atomic E-state index is 13.1. The Kier molecular flexibility index (Phi) is 8.51. The van der Waals surface area contributed by atoms with Gasteiger partial charge in [-0.2, -0.15) is 0 Å². The highest BCUT2D eigenvalue weighted by Crippen LogP contribution is 2.39. The number of hydrogen-bond donors (Lipinski definition) is 2. The Balaban J connectivity index is 2.12. The fourth-order valence-electron chi connectivity index (χ4n) is 4.41. The molecule has 0 heterocycles. The van der Waals surface area contributed by atoms with E-state index in [2.05, 4.69) is 26.1 Å². The van der Waals surface area contributed by atoms with Gasteiger partial charge in [-0.15, -0.1) is 0 Å². The molecule has 1 fully saturated rings. The number of hydrogen-bond acceptors (Lipinski definition) is 3. The Hall–Kier alpha value is -1.39. The molecule has 1 aliphatic rings. The van der Waals surface area contributed by atoms with E-state index < -0.39 is 6.04 Å². The predicted octanol–water partition coefficient (Wildman–Crippen LogP) is 4.90. The first kappa shape index (κ1) is 22.9. The minimum atomic E-state index is -0.606. The monoisotopic (exact) mass is 406 g/mol. The van der Waals surface area contributed by atoms with Gasteiger partial charge in [0, 0.05) is 17.4 Å². The second-order valence-corrected chi connectivity index (χ2v) is 9.22. The van der Waals surface area contributed by atoms with Gasteiger partial charge in [-0.1, -0.05) is 57.0 Å². The minimum absolute atomic E-state index is 0.125. The highest BCUT2D eigenvalue weighted by molar-refractivity contribution is 6.31. The van der Waals surface area contributed by atoms with Crippen molar-refractivity contribution < 1.29 is 9.59 Å². The number of carbonyl (C=O) groups excluding carboxylic acids is 2. The zero-order chi connectivity index (χ0) is 20.8. The number of halogens is 1. The summed E-state index contributed by atoms with van der Waals surface area (Å²) < 4.78 is 0. The van der Waals surface area contributed by atoms with Gasteiger partial charge >= 0.3 is 0 Å². The van der Waals surface area contributed by atoms with Crippen LogP contribution in [0.25, 0.3) is 0 Å². The molecule has 0 spiro atoms. The summed E-state index contributed by atoms with van der Waals surface area (Å²) in [5.74, 6) is 1.78. The van der Waals surface area contributed by atoms with E-state index >= 15 is 0 Å². The molecule has 1 aliphatic carbocycles. The number of ketones is 1. The van der Waals surface area contributed by atoms with Crippen molar-refractivity contribution in [3.05, 3.63) is 34.9 Å². The fourth-order valence-corrected chi connectivity index (χ4v) is 4.68. The molecule has 1 saturated carbocycles. The summed E-state index contributed by atoms with van der Waals surface area (Å²) >= 11 is 6.36. The second-order valence-electron chi connectivity index (χ2n) is 8.81. The first-order chi connectivity index (χ1) is 13.2. The van der Waals surface area contributed by atoms with E-state index in [9.17, 15) is 9.59 Å². The standard InChI is InChI=1S/C23H35ClN2O2/c1-14(2)17-10-9-15(3)13-19(17)22(27)12-11-21(26-23(28)16(4)25)18-7-5-6-8-20(18)24/h5-8,14-17,19,21H,9-13,25H2,1-4H3,(H,26,28)/t15-,16+,17+,19-,21-/m1/s1. The summed E-state index contributed by atoms with van der Waals surface area (Å²) in [4.78, 5) is 25.3. The zero-order valence-electron chi connectivity index (χ0n) is 17.6. The summed E-state index contributed by atoms with van der Waals surface area (Å²) in [6, 6.07) is 6.55. The summed E-state index contributed by atoms with van der Waals surface area (Å²) in [6.45, 7) is 8.33. The molecule has 0 aliphatic heterocycles. The SMILES string of the molecule is CC(C)[C@@H]1CC[C@@H](C)C[C@H]1C(=O)CC[C@@H](NC(=O)[C@H](C)N)c1ccccc1Cl. The molecular formula is C23H35ClN2O2. The van der Waals surface area contributed by atoms with E-state index in [0.29, 0.717) is 41.4 Å². The van der Waals surface area contributed by atoms with Gasteiger partial charge in [0.1, 0.15) is 5.78 Å². The van der Waals surface area contributed by atoms with E-state index in [4.69, 9.17) is 17.3 Å². The highest BCUT2D eigenvalue weighted by atomic mass is 35.5. The van der Waals surface area contributed by atoms with Crippen LogP contribution < -0.4 is 11.1 Å². The largest absolute Gasteiger partial charge is 0.348 e. The molecule has 1 amide bonds. The molecule has 3 N–H and O–H groups in total. The number of rotatable bonds is 8. The van der Waals surface area contributed by atoms with Gasteiger partial charge in [-0.3, -0.25) is 9.59 Å². The van der Waals surface area contributed by atoms with Crippen LogP contribution in [-0.4, -0.2) is 17.7 Å². The highest BCUT2D eigenvalue weighted by Gasteiger charge is 2.35. The Morgan fingerprint density at radius 3 is 2.50 bits per heavy atom. The third-order valence-corrected chi connectivity index (χ3v) is 6.47. The van der Waals surface area contributed by atoms with Crippen LogP contribution >= 0.6 is 11.6 Å². The summed E-state index contributed by atoms with van der Waals surface area (Å²) in [5.41, 5.74) is 6.56. The Bertz CT molecular complexity index is 674. The molecule has 28 heavy (non-hydrogen) atoms. The van der Waals surface area contributed by atoms with Gasteiger partial charge in [0.2, 0.25) is 5.91 Å². The van der Waals surface area contributed by atoms with Crippen LogP contribution in [0.2, 0.25) is 5.02 Å². The lowest BCUT2D eigenvalue weighted by Crippen LogP contribution is -2.40. The lowest BCUT2D eigenvalue weighted by Gasteiger charge is -2.36. The van der Waals surface area contributed by atoms with Crippen molar-refractivity contribution in [3.8, 4) is 0 Å². The third kappa shape index (κ3) is 6.05. The lowest BCUT2D eigenvalue weighted by molar-refractivity contribution is -0.128. The molecule has 4 nitrogen and oxygen atoms in total. The van der Waals surface area contributed by atoms with Crippen molar-refractivity contribution in [2.45, 2.75) is 71.9 Å². The van der Waals surface area contributed by atoms with Gasteiger partial charge in [-0.25, -0.2) is 0 Å². The van der Waals surface area contributed by atoms with Crippen molar-refractivity contribution in [1.29, 1.82) is 0 Å². The molecular weight excluding hydrogens is 372 g/mol. The molecule has 0 unspecified atom stereocenters. The molecule has 156 valence electrons. The molecule has 0 aromatic heterocycles. The third-order valence-electron chi connectivity index (χ3n) is 6.13. The van der Waals surface area contributed by atoms with E-state index in [1.807, 2.05) is 18.2 Å². The quantitative estimate of drug-likeness (QED) is 0.644. The van der Waals surface area contributed by atoms with Crippen molar-refractivity contribution >= 4 is 23.3 Å². The van der Waals surface area contributed by atoms with E-state index in [0.717, 1.165) is 18.4 Å². The average molecular weight is 407 g/mol. The molecule has 2 rings (SSSR count). The van der Waals surface area contributed by atoms with Gasteiger partial charge in [-0.05, 0) is 55.6 Å². The number of nitrogens with two attached hydrogens (primary N) is 1. The number of nitrogens with one attached hydrogen (secondary N) is 1. The Morgan fingerprint density at radius 1 is 1.21 bits per heavy atom. The van der Waals surface area contributed by atoms with Crippen LogP contribution in [0.4, 0.5) is 0 Å². The smallest absolute Gasteiger partial charge is 0.237 e. The lowest BCUT2D eigenvalue weighted by atomic mass is 9.68. The summed E-state index contributed by atoms with van der Waals surface area (Å²) in [5, 5.41) is 3.57. The normalized spacial score (nSPS) is 24.6. The first-order valence-corrected chi connectivity index (χ1v) is 10.9. The summed E-state index contributed by atoms with van der Waals surface area (Å²) in [7, 11) is 0. The zero-order valence-corrected chi connectivity index (χ0v) is 18.3. The topological polar surface area (TPSA) is 72.2 Å². The Morgan fingerprint density at radius 2 is 1.89 bits per heavy atom. The van der Waals surface area contributed by atoms with E-state index in [1.54, 1.807) is 13.0 Å². The van der Waals surface area contributed by atoms with Gasteiger partial charge in [0.25, 0.3) is 0 Å². The molecule has 1 aromatic carbocycles. The van der Waals surface area contributed by atoms with Crippen LogP contribution in [0.5, 0.6) is 0 Å². The molecule has 1 aromatic rings. The van der Waals surface area contributed by atoms with Crippen molar-refractivity contribution in [1.82, 2.24) is 5.32 Å². The van der Waals surface area contributed by atoms with E-state index in [-0.39, 0.29) is 17.9 Å². The molecule has 0 bridgehead atoms. The fraction of sp³-hybridized carbons (Fsp3) is 0.652. The van der Waals surface area contributed by atoms with Crippen molar-refractivity contribution in [3.63, 3.8) is 0 Å². The average Bonchev–Trinajstić information content (AvgIpc) is 2.64. The molecule has 5 heteroatoms. The van der Waals surface area contributed by atoms with Crippen LogP contribution in [0, 0.1) is 23.7 Å². The van der Waals surface area contributed by atoms with Crippen molar-refractivity contribution in [2.75, 3.05) is 0 Å². The minimum Gasteiger partial charge on any atom is -0.348 e. The molecule has 5 atom stereocenters. The maximum Gasteiger partial charge on any atom is 0.237 e. The van der Waals surface area contributed by atoms with Crippen LogP contribution in [0.15, 0.2) is 24.3 Å². The molecule has 0 radical (unpaired) electrons. The van der Waals surface area contributed by atoms with Crippen LogP contribution in [0.3, 0.4) is 0 Å². The maximum atomic E-state index is 13.1. The molecule has 0 saturated heterocycles. The van der Waals surface area contributed by atoms with Gasteiger partial charge in [0.15, 0.2) is 0 Å². The number of amides is 1. The number of benzene rings is 1. The van der Waals surface area contributed by atoms with Crippen LogP contribution in [0.1, 0.15) is 71.4 Å². The predicted molar refractivity (Wildman–Crippen MR) is 115 cm³/mol.